The Balaban J connectivity index is 1.90. The predicted molar refractivity (Wildman–Crippen MR) is 73.4 cm³/mol. The molecule has 0 aromatic heterocycles. The van der Waals surface area contributed by atoms with Gasteiger partial charge >= 0.3 is 0 Å². The molecule has 1 aliphatic heterocycles. The number of hydrogen-bond donors (Lipinski definition) is 3. The van der Waals surface area contributed by atoms with E-state index in [-0.39, 0.29) is 12.5 Å². The Morgan fingerprint density at radius 1 is 1.47 bits per heavy atom. The maximum Gasteiger partial charge on any atom is 0.224 e. The molecule has 0 saturated heterocycles. The normalized spacial score (nSPS) is 15.6. The molecule has 0 bridgehead atoms. The van der Waals surface area contributed by atoms with Crippen LogP contribution in [0.1, 0.15) is 18.9 Å². The molecule has 1 heterocycles. The van der Waals surface area contributed by atoms with Gasteiger partial charge in [-0.2, -0.15) is 0 Å². The van der Waals surface area contributed by atoms with E-state index in [0.717, 1.165) is 30.0 Å². The molecule has 1 aromatic carbocycles. The zero-order chi connectivity index (χ0) is 13.7. The second-order valence-corrected chi connectivity index (χ2v) is 4.64. The van der Waals surface area contributed by atoms with Gasteiger partial charge in [0.05, 0.1) is 0 Å². The number of fused-ring (bicyclic) bond motifs is 1. The molecule has 104 valence electrons. The van der Waals surface area contributed by atoms with Crippen molar-refractivity contribution in [1.29, 1.82) is 0 Å². The molecule has 0 radical (unpaired) electrons. The number of aliphatic hydroxyl groups excluding tert-OH is 1. The fraction of sp³-hybridized carbons (Fsp3) is 0.500. The number of aryl methyl sites for hydroxylation is 1. The Morgan fingerprint density at radius 3 is 3.11 bits per heavy atom. The highest BCUT2D eigenvalue weighted by atomic mass is 16.5. The third-order valence-electron chi connectivity index (χ3n) is 3.04. The summed E-state index contributed by atoms with van der Waals surface area (Å²) in [5.41, 5.74) is 1.94. The summed E-state index contributed by atoms with van der Waals surface area (Å²) in [7, 11) is 0. The third-order valence-corrected chi connectivity index (χ3v) is 3.04. The Labute approximate surface area is 113 Å². The van der Waals surface area contributed by atoms with Gasteiger partial charge in [0.15, 0.2) is 0 Å². The van der Waals surface area contributed by atoms with Crippen molar-refractivity contribution in [3.63, 3.8) is 0 Å². The van der Waals surface area contributed by atoms with E-state index >= 15 is 0 Å². The second-order valence-electron chi connectivity index (χ2n) is 4.64. The molecule has 5 heteroatoms. The molecule has 0 spiro atoms. The lowest BCUT2D eigenvalue weighted by atomic mass is 10.0. The van der Waals surface area contributed by atoms with Crippen LogP contribution in [0.15, 0.2) is 18.2 Å². The SMILES string of the molecule is CCNCC(O)COc1ccc2c(c1)CCC(=O)N2. The van der Waals surface area contributed by atoms with Gasteiger partial charge in [0.1, 0.15) is 18.5 Å². The van der Waals surface area contributed by atoms with Crippen LogP contribution in [-0.2, 0) is 11.2 Å². The molecular weight excluding hydrogens is 244 g/mol. The molecule has 1 aromatic rings. The van der Waals surface area contributed by atoms with E-state index in [1.54, 1.807) is 0 Å². The van der Waals surface area contributed by atoms with Crippen LogP contribution >= 0.6 is 0 Å². The molecule has 5 nitrogen and oxygen atoms in total. The number of likely N-dealkylation sites (N-methyl/N-ethyl adjacent to an activating group) is 1. The van der Waals surface area contributed by atoms with Gasteiger partial charge in [0.25, 0.3) is 0 Å². The molecule has 0 saturated carbocycles. The van der Waals surface area contributed by atoms with E-state index in [9.17, 15) is 9.90 Å². The number of rotatable bonds is 6. The number of ether oxygens (including phenoxy) is 1. The number of anilines is 1. The lowest BCUT2D eigenvalue weighted by Gasteiger charge is -2.18. The summed E-state index contributed by atoms with van der Waals surface area (Å²) < 4.78 is 5.56. The van der Waals surface area contributed by atoms with Crippen molar-refractivity contribution in [3.8, 4) is 5.75 Å². The minimum atomic E-state index is -0.518. The summed E-state index contributed by atoms with van der Waals surface area (Å²) in [6, 6.07) is 5.58. The average Bonchev–Trinajstić information content (AvgIpc) is 2.42. The highest BCUT2D eigenvalue weighted by molar-refractivity contribution is 5.93. The minimum Gasteiger partial charge on any atom is -0.491 e. The molecule has 1 amide bonds. The smallest absolute Gasteiger partial charge is 0.224 e. The Kier molecular flexibility index (Phi) is 4.76. The second kappa shape index (κ2) is 6.54. The lowest BCUT2D eigenvalue weighted by Crippen LogP contribution is -2.31. The minimum absolute atomic E-state index is 0.0576. The van der Waals surface area contributed by atoms with Gasteiger partial charge in [0, 0.05) is 18.7 Å². The summed E-state index contributed by atoms with van der Waals surface area (Å²) in [5, 5.41) is 15.6. The molecule has 1 aliphatic rings. The molecular formula is C14H20N2O3. The molecule has 1 unspecified atom stereocenters. The molecule has 19 heavy (non-hydrogen) atoms. The van der Waals surface area contributed by atoms with Gasteiger partial charge in [-0.25, -0.2) is 0 Å². The summed E-state index contributed by atoms with van der Waals surface area (Å²) >= 11 is 0. The standard InChI is InChI=1S/C14H20N2O3/c1-2-15-8-11(17)9-19-12-4-5-13-10(7-12)3-6-14(18)16-13/h4-5,7,11,15,17H,2-3,6,8-9H2,1H3,(H,16,18). The first kappa shape index (κ1) is 13.8. The van der Waals surface area contributed by atoms with Crippen LogP contribution in [-0.4, -0.2) is 36.8 Å². The topological polar surface area (TPSA) is 70.6 Å². The number of carbonyl (C=O) groups is 1. The van der Waals surface area contributed by atoms with Crippen LogP contribution in [0.3, 0.4) is 0 Å². The van der Waals surface area contributed by atoms with E-state index in [4.69, 9.17) is 4.74 Å². The summed E-state index contributed by atoms with van der Waals surface area (Å²) in [6.07, 6.45) is 0.730. The van der Waals surface area contributed by atoms with Crippen molar-refractivity contribution in [2.45, 2.75) is 25.9 Å². The van der Waals surface area contributed by atoms with Crippen LogP contribution in [0.2, 0.25) is 0 Å². The first-order valence-electron chi connectivity index (χ1n) is 6.63. The summed E-state index contributed by atoms with van der Waals surface area (Å²) in [4.78, 5) is 11.2. The molecule has 1 atom stereocenters. The predicted octanol–water partition coefficient (Wildman–Crippen LogP) is 0.920. The van der Waals surface area contributed by atoms with Gasteiger partial charge in [-0.05, 0) is 36.7 Å². The highest BCUT2D eigenvalue weighted by Crippen LogP contribution is 2.26. The zero-order valence-electron chi connectivity index (χ0n) is 11.1. The van der Waals surface area contributed by atoms with Crippen LogP contribution < -0.4 is 15.4 Å². The summed E-state index contributed by atoms with van der Waals surface area (Å²) in [5.74, 6) is 0.785. The number of carbonyl (C=O) groups excluding carboxylic acids is 1. The summed E-state index contributed by atoms with van der Waals surface area (Å²) in [6.45, 7) is 3.61. The maximum absolute atomic E-state index is 11.2. The van der Waals surface area contributed by atoms with Gasteiger partial charge < -0.3 is 20.5 Å². The van der Waals surface area contributed by atoms with E-state index in [1.165, 1.54) is 0 Å². The van der Waals surface area contributed by atoms with E-state index < -0.39 is 6.10 Å². The highest BCUT2D eigenvalue weighted by Gasteiger charge is 2.15. The monoisotopic (exact) mass is 264 g/mol. The number of amides is 1. The van der Waals surface area contributed by atoms with Crippen LogP contribution in [0.25, 0.3) is 0 Å². The van der Waals surface area contributed by atoms with E-state index in [1.807, 2.05) is 25.1 Å². The number of nitrogens with one attached hydrogen (secondary N) is 2. The number of hydrogen-bond acceptors (Lipinski definition) is 4. The van der Waals surface area contributed by atoms with E-state index in [0.29, 0.717) is 13.0 Å². The zero-order valence-corrected chi connectivity index (χ0v) is 11.1. The van der Waals surface area contributed by atoms with Crippen molar-refractivity contribution < 1.29 is 14.6 Å². The maximum atomic E-state index is 11.2. The van der Waals surface area contributed by atoms with Crippen molar-refractivity contribution in [3.05, 3.63) is 23.8 Å². The van der Waals surface area contributed by atoms with Crippen LogP contribution in [0.5, 0.6) is 5.75 Å². The Bertz CT molecular complexity index is 448. The largest absolute Gasteiger partial charge is 0.491 e. The van der Waals surface area contributed by atoms with Gasteiger partial charge in [-0.3, -0.25) is 4.79 Å². The van der Waals surface area contributed by atoms with Crippen LogP contribution in [0, 0.1) is 0 Å². The van der Waals surface area contributed by atoms with Crippen molar-refractivity contribution in [2.24, 2.45) is 0 Å². The lowest BCUT2D eigenvalue weighted by molar-refractivity contribution is -0.116. The molecule has 0 aliphatic carbocycles. The molecule has 3 N–H and O–H groups in total. The first-order valence-corrected chi connectivity index (χ1v) is 6.63. The van der Waals surface area contributed by atoms with Gasteiger partial charge in [-0.1, -0.05) is 6.92 Å². The van der Waals surface area contributed by atoms with Crippen molar-refractivity contribution in [2.75, 3.05) is 25.0 Å². The fourth-order valence-electron chi connectivity index (χ4n) is 2.01. The molecule has 2 rings (SSSR count). The van der Waals surface area contributed by atoms with Crippen LogP contribution in [0.4, 0.5) is 5.69 Å². The van der Waals surface area contributed by atoms with Crippen molar-refractivity contribution >= 4 is 11.6 Å². The van der Waals surface area contributed by atoms with Crippen molar-refractivity contribution in [1.82, 2.24) is 5.32 Å². The van der Waals surface area contributed by atoms with Gasteiger partial charge in [-0.15, -0.1) is 0 Å². The fourth-order valence-corrected chi connectivity index (χ4v) is 2.01. The number of aliphatic hydroxyl groups is 1. The third kappa shape index (κ3) is 3.94. The first-order chi connectivity index (χ1) is 9.19. The Morgan fingerprint density at radius 2 is 2.32 bits per heavy atom. The van der Waals surface area contributed by atoms with Gasteiger partial charge in [0.2, 0.25) is 5.91 Å². The van der Waals surface area contributed by atoms with E-state index in [2.05, 4.69) is 10.6 Å². The average molecular weight is 264 g/mol. The Hall–Kier alpha value is -1.59. The number of benzene rings is 1. The molecule has 0 fully saturated rings. The quantitative estimate of drug-likeness (QED) is 0.714.